The molecule has 1 aliphatic rings. The molecule has 0 unspecified atom stereocenters. The molecule has 1 aromatic rings. The number of ether oxygens (including phenoxy) is 3. The Kier molecular flexibility index (Phi) is 4.38. The highest BCUT2D eigenvalue weighted by molar-refractivity contribution is 6.35. The van der Waals surface area contributed by atoms with E-state index in [1.165, 1.54) is 0 Å². The van der Waals surface area contributed by atoms with Gasteiger partial charge in [0.05, 0.1) is 30.9 Å². The van der Waals surface area contributed by atoms with Gasteiger partial charge in [-0.2, -0.15) is 0 Å². The van der Waals surface area contributed by atoms with Gasteiger partial charge in [0.25, 0.3) is 0 Å². The molecule has 0 amide bonds. The normalized spacial score (nSPS) is 18.0. The number of halogens is 2. The molecule has 2 rings (SSSR count). The summed E-state index contributed by atoms with van der Waals surface area (Å²) in [7, 11) is 1.58. The van der Waals surface area contributed by atoms with Crippen LogP contribution in [0.2, 0.25) is 10.0 Å². The van der Waals surface area contributed by atoms with Crippen LogP contribution in [-0.2, 0) is 15.3 Å². The number of benzene rings is 1. The van der Waals surface area contributed by atoms with E-state index in [4.69, 9.17) is 37.4 Å². The molecule has 0 atom stereocenters. The van der Waals surface area contributed by atoms with E-state index < -0.39 is 5.79 Å². The maximum absolute atomic E-state index is 6.15. The standard InChI is InChI=1S/C13H16Cl2O3/c1-3-4-13(17-5-6-18-13)10-7-9(14)8-11(15)12(10)16-2/h7-8H,3-6H2,1-2H3. The van der Waals surface area contributed by atoms with E-state index in [1.807, 2.05) is 0 Å². The summed E-state index contributed by atoms with van der Waals surface area (Å²) in [6.45, 7) is 3.20. The van der Waals surface area contributed by atoms with Crippen LogP contribution in [0.4, 0.5) is 0 Å². The maximum atomic E-state index is 6.15. The van der Waals surface area contributed by atoms with Crippen molar-refractivity contribution < 1.29 is 14.2 Å². The van der Waals surface area contributed by atoms with E-state index in [-0.39, 0.29) is 0 Å². The van der Waals surface area contributed by atoms with Crippen LogP contribution in [-0.4, -0.2) is 20.3 Å². The lowest BCUT2D eigenvalue weighted by Gasteiger charge is -2.29. The minimum absolute atomic E-state index is 0.467. The van der Waals surface area contributed by atoms with Gasteiger partial charge in [-0.3, -0.25) is 0 Å². The first-order valence-corrected chi connectivity index (χ1v) is 6.70. The van der Waals surface area contributed by atoms with Crippen molar-refractivity contribution in [1.82, 2.24) is 0 Å². The molecule has 0 aromatic heterocycles. The van der Waals surface area contributed by atoms with E-state index in [0.717, 1.165) is 18.4 Å². The van der Waals surface area contributed by atoms with Crippen LogP contribution in [0.15, 0.2) is 12.1 Å². The SMILES string of the molecule is CCCC1(c2cc(Cl)cc(Cl)c2OC)OCCO1. The lowest BCUT2D eigenvalue weighted by molar-refractivity contribution is -0.171. The van der Waals surface area contributed by atoms with Crippen LogP contribution in [0.1, 0.15) is 25.3 Å². The molecular weight excluding hydrogens is 275 g/mol. The predicted octanol–water partition coefficient (Wildman–Crippen LogP) is 4.00. The van der Waals surface area contributed by atoms with Crippen LogP contribution in [0, 0.1) is 0 Å². The van der Waals surface area contributed by atoms with Crippen LogP contribution in [0.5, 0.6) is 5.75 Å². The zero-order chi connectivity index (χ0) is 13.2. The Hall–Kier alpha value is -0.480. The van der Waals surface area contributed by atoms with Gasteiger partial charge in [0.1, 0.15) is 5.75 Å². The molecule has 1 aliphatic heterocycles. The van der Waals surface area contributed by atoms with Gasteiger partial charge in [-0.05, 0) is 12.1 Å². The Bertz CT molecular complexity index is 428. The number of hydrogen-bond acceptors (Lipinski definition) is 3. The minimum Gasteiger partial charge on any atom is -0.495 e. The second kappa shape index (κ2) is 5.66. The van der Waals surface area contributed by atoms with Crippen molar-refractivity contribution in [3.63, 3.8) is 0 Å². The molecule has 0 aliphatic carbocycles. The second-order valence-electron chi connectivity index (χ2n) is 4.17. The fourth-order valence-corrected chi connectivity index (χ4v) is 2.84. The van der Waals surface area contributed by atoms with Gasteiger partial charge >= 0.3 is 0 Å². The Morgan fingerprint density at radius 1 is 1.28 bits per heavy atom. The molecule has 100 valence electrons. The van der Waals surface area contributed by atoms with Crippen LogP contribution >= 0.6 is 23.2 Å². The van der Waals surface area contributed by atoms with Crippen molar-refractivity contribution in [2.75, 3.05) is 20.3 Å². The summed E-state index contributed by atoms with van der Waals surface area (Å²) >= 11 is 12.2. The fourth-order valence-electron chi connectivity index (χ4n) is 2.27. The number of methoxy groups -OCH3 is 1. The fraction of sp³-hybridized carbons (Fsp3) is 0.538. The third kappa shape index (κ3) is 2.45. The first-order chi connectivity index (χ1) is 8.63. The maximum Gasteiger partial charge on any atom is 0.198 e. The number of rotatable bonds is 4. The van der Waals surface area contributed by atoms with Gasteiger partial charge in [-0.25, -0.2) is 0 Å². The molecule has 3 nitrogen and oxygen atoms in total. The van der Waals surface area contributed by atoms with E-state index in [2.05, 4.69) is 6.92 Å². The highest BCUT2D eigenvalue weighted by atomic mass is 35.5. The van der Waals surface area contributed by atoms with Gasteiger partial charge in [0.15, 0.2) is 5.79 Å². The molecule has 1 fully saturated rings. The van der Waals surface area contributed by atoms with Crippen molar-refractivity contribution >= 4 is 23.2 Å². The first kappa shape index (κ1) is 13.9. The van der Waals surface area contributed by atoms with Crippen molar-refractivity contribution in [2.24, 2.45) is 0 Å². The molecule has 5 heteroatoms. The highest BCUT2D eigenvalue weighted by Gasteiger charge is 2.40. The van der Waals surface area contributed by atoms with Crippen LogP contribution in [0.3, 0.4) is 0 Å². The minimum atomic E-state index is -0.783. The van der Waals surface area contributed by atoms with Gasteiger partial charge in [-0.1, -0.05) is 36.5 Å². The average Bonchev–Trinajstić information content (AvgIpc) is 2.78. The van der Waals surface area contributed by atoms with Gasteiger partial charge in [-0.15, -0.1) is 0 Å². The van der Waals surface area contributed by atoms with E-state index >= 15 is 0 Å². The molecule has 1 aromatic carbocycles. The summed E-state index contributed by atoms with van der Waals surface area (Å²) in [5, 5.41) is 1.01. The van der Waals surface area contributed by atoms with E-state index in [0.29, 0.717) is 29.0 Å². The zero-order valence-corrected chi connectivity index (χ0v) is 12.0. The summed E-state index contributed by atoms with van der Waals surface area (Å²) in [6, 6.07) is 3.45. The summed E-state index contributed by atoms with van der Waals surface area (Å²) in [5.74, 6) is -0.217. The zero-order valence-electron chi connectivity index (χ0n) is 10.5. The second-order valence-corrected chi connectivity index (χ2v) is 5.01. The quantitative estimate of drug-likeness (QED) is 0.839. The predicted molar refractivity (Wildman–Crippen MR) is 71.5 cm³/mol. The smallest absolute Gasteiger partial charge is 0.198 e. The lowest BCUT2D eigenvalue weighted by Crippen LogP contribution is -2.27. The summed E-state index contributed by atoms with van der Waals surface area (Å²) in [5.41, 5.74) is 0.766. The molecule has 18 heavy (non-hydrogen) atoms. The first-order valence-electron chi connectivity index (χ1n) is 5.94. The molecule has 0 bridgehead atoms. The Morgan fingerprint density at radius 3 is 2.50 bits per heavy atom. The summed E-state index contributed by atoms with van der Waals surface area (Å²) in [6.07, 6.45) is 1.66. The highest BCUT2D eigenvalue weighted by Crippen LogP contribution is 2.44. The topological polar surface area (TPSA) is 27.7 Å². The molecule has 1 heterocycles. The monoisotopic (exact) mass is 290 g/mol. The average molecular weight is 291 g/mol. The third-order valence-electron chi connectivity index (χ3n) is 2.96. The van der Waals surface area contributed by atoms with E-state index in [1.54, 1.807) is 19.2 Å². The Labute approximate surface area is 117 Å². The largest absolute Gasteiger partial charge is 0.495 e. The van der Waals surface area contributed by atoms with Crippen LogP contribution in [0.25, 0.3) is 0 Å². The molecular formula is C13H16Cl2O3. The van der Waals surface area contributed by atoms with Crippen molar-refractivity contribution in [3.8, 4) is 5.75 Å². The van der Waals surface area contributed by atoms with Gasteiger partial charge in [0.2, 0.25) is 0 Å². The van der Waals surface area contributed by atoms with Crippen molar-refractivity contribution in [1.29, 1.82) is 0 Å². The Balaban J connectivity index is 2.53. The lowest BCUT2D eigenvalue weighted by atomic mass is 9.99. The van der Waals surface area contributed by atoms with Gasteiger partial charge in [0, 0.05) is 11.4 Å². The van der Waals surface area contributed by atoms with Crippen molar-refractivity contribution in [2.45, 2.75) is 25.6 Å². The van der Waals surface area contributed by atoms with E-state index in [9.17, 15) is 0 Å². The molecule has 0 radical (unpaired) electrons. The van der Waals surface area contributed by atoms with Crippen LogP contribution < -0.4 is 4.74 Å². The van der Waals surface area contributed by atoms with Gasteiger partial charge < -0.3 is 14.2 Å². The Morgan fingerprint density at radius 2 is 1.94 bits per heavy atom. The molecule has 0 N–H and O–H groups in total. The summed E-state index contributed by atoms with van der Waals surface area (Å²) in [4.78, 5) is 0. The molecule has 0 saturated carbocycles. The van der Waals surface area contributed by atoms with Crippen molar-refractivity contribution in [3.05, 3.63) is 27.7 Å². The number of hydrogen-bond donors (Lipinski definition) is 0. The summed E-state index contributed by atoms with van der Waals surface area (Å²) < 4.78 is 17.0. The molecule has 0 spiro atoms. The third-order valence-corrected chi connectivity index (χ3v) is 3.45. The molecule has 1 saturated heterocycles.